The maximum atomic E-state index is 14.6. The molecular weight excluding hydrogens is 423 g/mol. The van der Waals surface area contributed by atoms with Crippen LogP contribution in [-0.4, -0.2) is 5.71 Å². The van der Waals surface area contributed by atoms with Crippen molar-refractivity contribution >= 4 is 23.0 Å². The summed E-state index contributed by atoms with van der Waals surface area (Å²) in [5.74, 6) is 0.385. The summed E-state index contributed by atoms with van der Waals surface area (Å²) in [5, 5.41) is 7.60. The molecule has 4 aromatic rings. The van der Waals surface area contributed by atoms with Crippen molar-refractivity contribution < 1.29 is 9.13 Å². The van der Waals surface area contributed by atoms with Gasteiger partial charge in [0, 0.05) is 11.4 Å². The lowest BCUT2D eigenvalue weighted by Crippen LogP contribution is -2.18. The van der Waals surface area contributed by atoms with Crippen molar-refractivity contribution in [2.75, 3.05) is 5.01 Å². The molecule has 0 N–H and O–H groups in total. The number of hydrogen-bond donors (Lipinski definition) is 0. The van der Waals surface area contributed by atoms with E-state index in [0.29, 0.717) is 17.2 Å². The molecule has 4 aromatic carbocycles. The summed E-state index contributed by atoms with van der Waals surface area (Å²) >= 11 is 6.07. The Bertz CT molecular complexity index is 1240. The molecule has 0 aliphatic carbocycles. The van der Waals surface area contributed by atoms with E-state index in [9.17, 15) is 4.39 Å². The molecule has 1 atom stereocenters. The monoisotopic (exact) mass is 442 g/mol. The average molecular weight is 443 g/mol. The van der Waals surface area contributed by atoms with Crippen LogP contribution in [0.15, 0.2) is 108 Å². The molecule has 158 valence electrons. The van der Waals surface area contributed by atoms with Crippen molar-refractivity contribution in [3.63, 3.8) is 0 Å². The lowest BCUT2D eigenvalue weighted by atomic mass is 9.98. The van der Waals surface area contributed by atoms with Gasteiger partial charge in [-0.05, 0) is 59.7 Å². The molecule has 1 aliphatic rings. The van der Waals surface area contributed by atoms with E-state index in [1.807, 2.05) is 77.8 Å². The number of nitrogens with zero attached hydrogens (tertiary/aromatic N) is 2. The van der Waals surface area contributed by atoms with Crippen LogP contribution < -0.4 is 9.75 Å². The van der Waals surface area contributed by atoms with E-state index >= 15 is 0 Å². The highest BCUT2D eigenvalue weighted by molar-refractivity contribution is 6.30. The third-order valence-electron chi connectivity index (χ3n) is 5.42. The first-order chi connectivity index (χ1) is 15.7. The predicted octanol–water partition coefficient (Wildman–Crippen LogP) is 7.63. The Balaban J connectivity index is 1.51. The van der Waals surface area contributed by atoms with E-state index in [1.54, 1.807) is 24.3 Å². The SMILES string of the molecule is Fc1ccc([C@@H]2CC(c3ccc(Cl)cc3)=NN2c2ccccc2)cc1Oc1ccccc1. The zero-order valence-electron chi connectivity index (χ0n) is 17.2. The predicted molar refractivity (Wildman–Crippen MR) is 127 cm³/mol. The molecule has 0 saturated carbocycles. The Morgan fingerprint density at radius 1 is 0.844 bits per heavy atom. The van der Waals surface area contributed by atoms with Gasteiger partial charge in [-0.25, -0.2) is 4.39 Å². The highest BCUT2D eigenvalue weighted by Gasteiger charge is 2.30. The summed E-state index contributed by atoms with van der Waals surface area (Å²) in [5.41, 5.74) is 3.86. The molecule has 0 bridgehead atoms. The zero-order valence-corrected chi connectivity index (χ0v) is 17.9. The topological polar surface area (TPSA) is 24.8 Å². The quantitative estimate of drug-likeness (QED) is 0.317. The molecule has 0 fully saturated rings. The van der Waals surface area contributed by atoms with Gasteiger partial charge in [0.15, 0.2) is 11.6 Å². The standard InChI is InChI=1S/C27H20ClFN2O/c28-21-14-11-19(12-15-21)25-18-26(31(30-25)22-7-3-1-4-8-22)20-13-16-24(29)27(17-20)32-23-9-5-2-6-10-23/h1-17,26H,18H2/t26-/m0/s1. The van der Waals surface area contributed by atoms with Crippen LogP contribution >= 0.6 is 11.6 Å². The van der Waals surface area contributed by atoms with Gasteiger partial charge >= 0.3 is 0 Å². The Hall–Kier alpha value is -3.63. The van der Waals surface area contributed by atoms with Gasteiger partial charge < -0.3 is 4.74 Å². The van der Waals surface area contributed by atoms with Gasteiger partial charge in [-0.2, -0.15) is 5.10 Å². The van der Waals surface area contributed by atoms with E-state index < -0.39 is 5.82 Å². The first-order valence-electron chi connectivity index (χ1n) is 10.4. The third kappa shape index (κ3) is 4.23. The first-order valence-corrected chi connectivity index (χ1v) is 10.8. The van der Waals surface area contributed by atoms with Crippen LogP contribution in [0, 0.1) is 5.82 Å². The van der Waals surface area contributed by atoms with Crippen molar-refractivity contribution in [3.8, 4) is 11.5 Å². The molecule has 0 saturated heterocycles. The van der Waals surface area contributed by atoms with E-state index in [2.05, 4.69) is 0 Å². The number of rotatable bonds is 5. The number of ether oxygens (including phenoxy) is 1. The van der Waals surface area contributed by atoms with Crippen molar-refractivity contribution in [3.05, 3.63) is 125 Å². The number of hydrazone groups is 1. The van der Waals surface area contributed by atoms with Crippen molar-refractivity contribution in [2.45, 2.75) is 12.5 Å². The van der Waals surface area contributed by atoms with E-state index in [0.717, 1.165) is 22.5 Å². The Kier molecular flexibility index (Phi) is 5.61. The summed E-state index contributed by atoms with van der Waals surface area (Å²) in [6, 6.07) is 31.8. The highest BCUT2D eigenvalue weighted by atomic mass is 35.5. The zero-order chi connectivity index (χ0) is 21.9. The van der Waals surface area contributed by atoms with Crippen LogP contribution in [0.3, 0.4) is 0 Å². The highest BCUT2D eigenvalue weighted by Crippen LogP contribution is 2.38. The van der Waals surface area contributed by atoms with Crippen LogP contribution in [0.4, 0.5) is 10.1 Å². The van der Waals surface area contributed by atoms with Crippen LogP contribution in [0.25, 0.3) is 0 Å². The van der Waals surface area contributed by atoms with Gasteiger partial charge in [-0.15, -0.1) is 0 Å². The minimum absolute atomic E-state index is 0.0956. The normalized spacial score (nSPS) is 15.5. The smallest absolute Gasteiger partial charge is 0.165 e. The van der Waals surface area contributed by atoms with Crippen LogP contribution in [0.2, 0.25) is 5.02 Å². The minimum atomic E-state index is -0.402. The number of halogens is 2. The first kappa shape index (κ1) is 20.3. The lowest BCUT2D eigenvalue weighted by molar-refractivity contribution is 0.440. The minimum Gasteiger partial charge on any atom is -0.454 e. The fraction of sp³-hybridized carbons (Fsp3) is 0.0741. The van der Waals surface area contributed by atoms with E-state index in [1.165, 1.54) is 6.07 Å². The largest absolute Gasteiger partial charge is 0.454 e. The van der Waals surface area contributed by atoms with Gasteiger partial charge in [-0.1, -0.05) is 66.2 Å². The molecule has 0 unspecified atom stereocenters. The second-order valence-electron chi connectivity index (χ2n) is 7.56. The summed E-state index contributed by atoms with van der Waals surface area (Å²) in [7, 11) is 0. The third-order valence-corrected chi connectivity index (χ3v) is 5.67. The van der Waals surface area contributed by atoms with Crippen molar-refractivity contribution in [1.29, 1.82) is 0 Å². The lowest BCUT2D eigenvalue weighted by Gasteiger charge is -2.24. The van der Waals surface area contributed by atoms with Crippen molar-refractivity contribution in [2.24, 2.45) is 5.10 Å². The fourth-order valence-electron chi connectivity index (χ4n) is 3.83. The van der Waals surface area contributed by atoms with Crippen molar-refractivity contribution in [1.82, 2.24) is 0 Å². The fourth-order valence-corrected chi connectivity index (χ4v) is 3.95. The summed E-state index contributed by atoms with van der Waals surface area (Å²) < 4.78 is 20.4. The maximum absolute atomic E-state index is 14.6. The molecule has 1 aliphatic heterocycles. The maximum Gasteiger partial charge on any atom is 0.165 e. The molecule has 3 nitrogen and oxygen atoms in total. The Labute approximate surface area is 191 Å². The summed E-state index contributed by atoms with van der Waals surface area (Å²) in [6.07, 6.45) is 0.674. The molecule has 0 spiro atoms. The van der Waals surface area contributed by atoms with Gasteiger partial charge in [0.1, 0.15) is 5.75 Å². The number of hydrogen-bond acceptors (Lipinski definition) is 3. The number of para-hydroxylation sites is 2. The van der Waals surface area contributed by atoms with Gasteiger partial charge in [0.2, 0.25) is 0 Å². The number of anilines is 1. The average Bonchev–Trinajstić information content (AvgIpc) is 3.28. The molecule has 0 radical (unpaired) electrons. The molecular formula is C27H20ClFN2O. The number of benzene rings is 4. The summed E-state index contributed by atoms with van der Waals surface area (Å²) in [6.45, 7) is 0. The molecule has 0 amide bonds. The van der Waals surface area contributed by atoms with Gasteiger partial charge in [-0.3, -0.25) is 5.01 Å². The molecule has 1 heterocycles. The van der Waals surface area contributed by atoms with Crippen LogP contribution in [-0.2, 0) is 0 Å². The van der Waals surface area contributed by atoms with E-state index in [4.69, 9.17) is 21.4 Å². The molecule has 0 aromatic heterocycles. The molecule has 5 rings (SSSR count). The van der Waals surface area contributed by atoms with Crippen LogP contribution in [0.5, 0.6) is 11.5 Å². The molecule has 5 heteroatoms. The molecule has 32 heavy (non-hydrogen) atoms. The summed E-state index contributed by atoms with van der Waals surface area (Å²) in [4.78, 5) is 0. The second kappa shape index (κ2) is 8.85. The second-order valence-corrected chi connectivity index (χ2v) is 8.00. The Morgan fingerprint density at radius 2 is 1.53 bits per heavy atom. The van der Waals surface area contributed by atoms with Gasteiger partial charge in [0.25, 0.3) is 0 Å². The van der Waals surface area contributed by atoms with E-state index in [-0.39, 0.29) is 11.8 Å². The Morgan fingerprint density at radius 3 is 2.25 bits per heavy atom. The van der Waals surface area contributed by atoms with Gasteiger partial charge in [0.05, 0.1) is 17.4 Å². The van der Waals surface area contributed by atoms with Crippen LogP contribution in [0.1, 0.15) is 23.6 Å².